The van der Waals surface area contributed by atoms with Crippen LogP contribution in [0.15, 0.2) is 29.2 Å². The van der Waals surface area contributed by atoms with Crippen LogP contribution in [0.3, 0.4) is 0 Å². The van der Waals surface area contributed by atoms with E-state index in [0.29, 0.717) is 30.0 Å². The summed E-state index contributed by atoms with van der Waals surface area (Å²) in [5.74, 6) is 0.503. The van der Waals surface area contributed by atoms with E-state index in [1.807, 2.05) is 13.0 Å². The number of aromatic nitrogens is 3. The number of halogens is 1. The molecule has 37 heavy (non-hydrogen) atoms. The van der Waals surface area contributed by atoms with Gasteiger partial charge in [0.25, 0.3) is 0 Å². The summed E-state index contributed by atoms with van der Waals surface area (Å²) in [6, 6.07) is 5.89. The molecule has 0 unspecified atom stereocenters. The first-order valence-electron chi connectivity index (χ1n) is 13.3. The third-order valence-corrected chi connectivity index (χ3v) is 8.31. The van der Waals surface area contributed by atoms with Crippen LogP contribution >= 0.6 is 0 Å². The Morgan fingerprint density at radius 2 is 2.11 bits per heavy atom. The number of aliphatic hydroxyl groups excluding tert-OH is 1. The SMILES string of the molecule is Cc1c(CN2CC3CC2C3)n(C(C)C)c2cc(-c3nc(N[C@@H]4CCOC[C@H]4O)ncc3F)ccc2c1=O. The Morgan fingerprint density at radius 3 is 2.81 bits per heavy atom. The van der Waals surface area contributed by atoms with Crippen molar-refractivity contribution >= 4 is 16.9 Å². The van der Waals surface area contributed by atoms with Crippen molar-refractivity contribution in [3.8, 4) is 11.3 Å². The normalized spacial score (nSPS) is 25.6. The molecule has 2 bridgehead atoms. The molecule has 8 nitrogen and oxygen atoms in total. The average Bonchev–Trinajstić information content (AvgIpc) is 3.44. The summed E-state index contributed by atoms with van der Waals surface area (Å²) in [5, 5.41) is 14.0. The first-order chi connectivity index (χ1) is 17.8. The number of pyridine rings is 1. The van der Waals surface area contributed by atoms with Crippen LogP contribution in [0.1, 0.15) is 50.4 Å². The van der Waals surface area contributed by atoms with Gasteiger partial charge in [-0.25, -0.2) is 14.4 Å². The summed E-state index contributed by atoms with van der Waals surface area (Å²) in [5.41, 5.74) is 3.38. The van der Waals surface area contributed by atoms with Crippen molar-refractivity contribution in [3.05, 3.63) is 51.7 Å². The Labute approximate surface area is 215 Å². The van der Waals surface area contributed by atoms with E-state index < -0.39 is 11.9 Å². The van der Waals surface area contributed by atoms with E-state index in [0.717, 1.165) is 42.0 Å². The van der Waals surface area contributed by atoms with Crippen molar-refractivity contribution in [2.24, 2.45) is 5.92 Å². The molecule has 2 N–H and O–H groups in total. The van der Waals surface area contributed by atoms with Crippen LogP contribution in [0, 0.1) is 18.7 Å². The van der Waals surface area contributed by atoms with Gasteiger partial charge < -0.3 is 19.7 Å². The quantitative estimate of drug-likeness (QED) is 0.526. The number of aliphatic hydroxyl groups is 1. The predicted molar refractivity (Wildman–Crippen MR) is 140 cm³/mol. The van der Waals surface area contributed by atoms with Gasteiger partial charge in [0.2, 0.25) is 5.95 Å². The van der Waals surface area contributed by atoms with Crippen molar-refractivity contribution in [1.82, 2.24) is 19.4 Å². The zero-order valence-electron chi connectivity index (χ0n) is 21.6. The number of hydrogen-bond donors (Lipinski definition) is 2. The van der Waals surface area contributed by atoms with Crippen LogP contribution in [0.5, 0.6) is 0 Å². The van der Waals surface area contributed by atoms with Crippen molar-refractivity contribution < 1.29 is 14.2 Å². The van der Waals surface area contributed by atoms with Gasteiger partial charge in [0.1, 0.15) is 5.69 Å². The average molecular weight is 508 g/mol. The number of nitrogens with one attached hydrogen (secondary N) is 1. The highest BCUT2D eigenvalue weighted by molar-refractivity contribution is 5.85. The minimum atomic E-state index is -0.685. The van der Waals surface area contributed by atoms with Crippen LogP contribution in [0.4, 0.5) is 10.3 Å². The van der Waals surface area contributed by atoms with Crippen molar-refractivity contribution in [2.75, 3.05) is 25.1 Å². The van der Waals surface area contributed by atoms with Gasteiger partial charge in [-0.15, -0.1) is 0 Å². The molecule has 1 saturated carbocycles. The summed E-state index contributed by atoms with van der Waals surface area (Å²) in [4.78, 5) is 24.5. The molecule has 196 valence electrons. The van der Waals surface area contributed by atoms with E-state index in [1.54, 1.807) is 12.1 Å². The molecule has 5 heterocycles. The molecule has 7 rings (SSSR count). The monoisotopic (exact) mass is 507 g/mol. The lowest BCUT2D eigenvalue weighted by Gasteiger charge is -2.29. The molecule has 3 aliphatic heterocycles. The molecule has 1 aromatic carbocycles. The minimum absolute atomic E-state index is 0.0269. The zero-order chi connectivity index (χ0) is 25.8. The van der Waals surface area contributed by atoms with E-state index in [1.165, 1.54) is 12.8 Å². The van der Waals surface area contributed by atoms with Gasteiger partial charge in [0.05, 0.1) is 30.5 Å². The summed E-state index contributed by atoms with van der Waals surface area (Å²) >= 11 is 0. The lowest BCUT2D eigenvalue weighted by Crippen LogP contribution is -2.42. The molecular weight excluding hydrogens is 473 g/mol. The maximum atomic E-state index is 15.0. The molecule has 9 heteroatoms. The molecule has 4 fully saturated rings. The fourth-order valence-corrected chi connectivity index (χ4v) is 6.22. The highest BCUT2D eigenvalue weighted by atomic mass is 19.1. The van der Waals surface area contributed by atoms with Crippen LogP contribution in [-0.4, -0.2) is 62.5 Å². The fraction of sp³-hybridized carbons (Fsp3) is 0.536. The second-order valence-electron chi connectivity index (χ2n) is 11.1. The number of hydrogen-bond acceptors (Lipinski definition) is 7. The summed E-state index contributed by atoms with van der Waals surface area (Å²) in [6.07, 6.45) is 3.59. The zero-order valence-corrected chi connectivity index (χ0v) is 21.6. The first-order valence-corrected chi connectivity index (χ1v) is 13.3. The lowest BCUT2D eigenvalue weighted by atomic mass is 9.86. The molecule has 1 aliphatic carbocycles. The Kier molecular flexibility index (Phi) is 6.25. The fourth-order valence-electron chi connectivity index (χ4n) is 6.22. The number of nitrogens with zero attached hydrogens (tertiary/aromatic N) is 4. The van der Waals surface area contributed by atoms with E-state index >= 15 is 4.39 Å². The Hall–Kier alpha value is -2.88. The van der Waals surface area contributed by atoms with E-state index in [9.17, 15) is 9.90 Å². The van der Waals surface area contributed by atoms with E-state index in [-0.39, 0.29) is 35.8 Å². The van der Waals surface area contributed by atoms with Crippen LogP contribution in [-0.2, 0) is 11.3 Å². The van der Waals surface area contributed by atoms with E-state index in [4.69, 9.17) is 4.74 Å². The summed E-state index contributed by atoms with van der Waals surface area (Å²) < 4.78 is 22.5. The molecule has 0 amide bonds. The second-order valence-corrected chi connectivity index (χ2v) is 11.1. The number of benzene rings is 1. The Balaban J connectivity index is 1.42. The van der Waals surface area contributed by atoms with Crippen molar-refractivity contribution in [3.63, 3.8) is 0 Å². The topological polar surface area (TPSA) is 92.5 Å². The Morgan fingerprint density at radius 1 is 1.30 bits per heavy atom. The molecular formula is C28H34FN5O3. The standard InChI is InChI=1S/C28H34FN5O3/c1-15(2)34-23-10-18(26-21(29)11-30-28(32-26)31-22-6-7-37-14-25(22)35)4-5-20(23)27(36)16(3)24(34)13-33-12-17-8-19(33)9-17/h4-5,10-11,15,17,19,22,25,35H,6-9,12-14H2,1-3H3,(H,30,31,32)/t17?,19?,22-,25-/m1/s1. The van der Waals surface area contributed by atoms with Crippen LogP contribution in [0.25, 0.3) is 22.2 Å². The molecule has 2 aromatic heterocycles. The van der Waals surface area contributed by atoms with Gasteiger partial charge in [-0.1, -0.05) is 6.07 Å². The number of ether oxygens (including phenoxy) is 1. The van der Waals surface area contributed by atoms with Crippen molar-refractivity contribution in [2.45, 2.75) is 70.8 Å². The molecule has 0 spiro atoms. The van der Waals surface area contributed by atoms with Crippen molar-refractivity contribution in [1.29, 1.82) is 0 Å². The van der Waals surface area contributed by atoms with Gasteiger partial charge >= 0.3 is 0 Å². The highest BCUT2D eigenvalue weighted by Gasteiger charge is 2.42. The summed E-state index contributed by atoms with van der Waals surface area (Å²) in [7, 11) is 0. The maximum Gasteiger partial charge on any atom is 0.223 e. The lowest BCUT2D eigenvalue weighted by molar-refractivity contribution is -0.0136. The maximum absolute atomic E-state index is 15.0. The third-order valence-electron chi connectivity index (χ3n) is 8.31. The van der Waals surface area contributed by atoms with Gasteiger partial charge in [0, 0.05) is 54.0 Å². The minimum Gasteiger partial charge on any atom is -0.389 e. The van der Waals surface area contributed by atoms with Gasteiger partial charge in [-0.2, -0.15) is 0 Å². The molecule has 3 aromatic rings. The second kappa shape index (κ2) is 9.45. The van der Waals surface area contributed by atoms with Gasteiger partial charge in [-0.3, -0.25) is 9.69 Å². The predicted octanol–water partition coefficient (Wildman–Crippen LogP) is 3.64. The molecule has 2 atom stereocenters. The molecule has 3 saturated heterocycles. The van der Waals surface area contributed by atoms with E-state index in [2.05, 4.69) is 38.6 Å². The largest absolute Gasteiger partial charge is 0.389 e. The van der Waals surface area contributed by atoms with Gasteiger partial charge in [-0.05, 0) is 58.1 Å². The number of fused-ring (bicyclic) bond motifs is 2. The van der Waals surface area contributed by atoms with Gasteiger partial charge in [0.15, 0.2) is 11.2 Å². The Bertz CT molecular complexity index is 1400. The smallest absolute Gasteiger partial charge is 0.223 e. The first kappa shape index (κ1) is 24.5. The third kappa shape index (κ3) is 4.32. The summed E-state index contributed by atoms with van der Waals surface area (Å²) in [6.45, 7) is 8.79. The van der Waals surface area contributed by atoms with Crippen LogP contribution in [0.2, 0.25) is 0 Å². The molecule has 4 aliphatic rings. The number of rotatable bonds is 6. The molecule has 0 radical (unpaired) electrons. The number of anilines is 1. The highest BCUT2D eigenvalue weighted by Crippen LogP contribution is 2.41. The van der Waals surface area contributed by atoms with Crippen LogP contribution < -0.4 is 10.7 Å².